The minimum atomic E-state index is -4.00. The van der Waals surface area contributed by atoms with Gasteiger partial charge < -0.3 is 14.6 Å². The molecular weight excluding hydrogens is 374 g/mol. The summed E-state index contributed by atoms with van der Waals surface area (Å²) in [6.07, 6.45) is 4.85. The minimum Gasteiger partial charge on any atom is -0.497 e. The highest BCUT2D eigenvalue weighted by Crippen LogP contribution is 2.27. The second-order valence-electron chi connectivity index (χ2n) is 5.33. The lowest BCUT2D eigenvalue weighted by molar-refractivity contribution is -0.131. The van der Waals surface area contributed by atoms with E-state index in [-0.39, 0.29) is 16.6 Å². The van der Waals surface area contributed by atoms with Gasteiger partial charge >= 0.3 is 12.0 Å². The molecule has 10 heteroatoms. The van der Waals surface area contributed by atoms with Crippen LogP contribution in [-0.2, 0) is 14.8 Å². The van der Waals surface area contributed by atoms with E-state index in [9.17, 15) is 13.2 Å². The molecular formula is C17H15N3O6S. The summed E-state index contributed by atoms with van der Waals surface area (Å²) in [6, 6.07) is 5.86. The first-order chi connectivity index (χ1) is 12.9. The summed E-state index contributed by atoms with van der Waals surface area (Å²) in [5.41, 5.74) is 0.412. The number of carboxylic acids is 1. The summed E-state index contributed by atoms with van der Waals surface area (Å²) in [6.45, 7) is 0. The summed E-state index contributed by atoms with van der Waals surface area (Å²) in [4.78, 5) is 18.9. The highest BCUT2D eigenvalue weighted by molar-refractivity contribution is 7.90. The van der Waals surface area contributed by atoms with Crippen LogP contribution in [0.1, 0.15) is 5.56 Å². The third-order valence-corrected chi connectivity index (χ3v) is 5.39. The van der Waals surface area contributed by atoms with Crippen molar-refractivity contribution in [1.29, 1.82) is 0 Å². The number of carbonyl (C=O) groups is 1. The Labute approximate surface area is 154 Å². The first-order valence-electron chi connectivity index (χ1n) is 7.59. The molecule has 0 fully saturated rings. The quantitative estimate of drug-likeness (QED) is 0.634. The Morgan fingerprint density at radius 1 is 1.19 bits per heavy atom. The molecule has 0 unspecified atom stereocenters. The first-order valence-corrected chi connectivity index (χ1v) is 9.03. The molecule has 0 saturated carbocycles. The maximum Gasteiger partial charge on any atom is 0.328 e. The Balaban J connectivity index is 2.23. The van der Waals surface area contributed by atoms with Gasteiger partial charge in [0.05, 0.1) is 19.1 Å². The van der Waals surface area contributed by atoms with Crippen molar-refractivity contribution in [2.75, 3.05) is 14.2 Å². The molecule has 1 N–H and O–H groups in total. The number of rotatable bonds is 6. The number of hydrogen-bond donors (Lipinski definition) is 1. The van der Waals surface area contributed by atoms with Crippen LogP contribution in [0.5, 0.6) is 11.8 Å². The fourth-order valence-electron chi connectivity index (χ4n) is 2.42. The molecule has 9 nitrogen and oxygen atoms in total. The minimum absolute atomic E-state index is 0.0134. The van der Waals surface area contributed by atoms with Crippen LogP contribution >= 0.6 is 0 Å². The molecule has 27 heavy (non-hydrogen) atoms. The van der Waals surface area contributed by atoms with Gasteiger partial charge in [-0.2, -0.15) is 4.98 Å². The van der Waals surface area contributed by atoms with E-state index in [0.717, 1.165) is 10.0 Å². The summed E-state index contributed by atoms with van der Waals surface area (Å²) in [5, 5.41) is 9.21. The van der Waals surface area contributed by atoms with Gasteiger partial charge in [0.1, 0.15) is 5.75 Å². The van der Waals surface area contributed by atoms with Gasteiger partial charge in [-0.3, -0.25) is 0 Å². The van der Waals surface area contributed by atoms with Crippen LogP contribution in [-0.4, -0.2) is 47.7 Å². The van der Waals surface area contributed by atoms with Gasteiger partial charge in [-0.15, -0.1) is 0 Å². The van der Waals surface area contributed by atoms with Gasteiger partial charge in [-0.05, 0) is 30.3 Å². The van der Waals surface area contributed by atoms with Crippen LogP contribution in [0.2, 0.25) is 0 Å². The summed E-state index contributed by atoms with van der Waals surface area (Å²) in [5.74, 6) is -0.649. The molecule has 1 aromatic carbocycles. The molecule has 2 aromatic heterocycles. The number of benzene rings is 1. The number of fused-ring (bicyclic) bond motifs is 1. The van der Waals surface area contributed by atoms with Gasteiger partial charge in [-0.25, -0.2) is 22.2 Å². The third kappa shape index (κ3) is 3.47. The Kier molecular flexibility index (Phi) is 4.82. The highest BCUT2D eigenvalue weighted by atomic mass is 32.2. The average Bonchev–Trinajstić information content (AvgIpc) is 3.05. The Morgan fingerprint density at radius 2 is 1.89 bits per heavy atom. The van der Waals surface area contributed by atoms with Crippen molar-refractivity contribution in [2.24, 2.45) is 0 Å². The molecule has 0 bridgehead atoms. The normalized spacial score (nSPS) is 11.8. The molecule has 0 atom stereocenters. The number of methoxy groups -OCH3 is 2. The van der Waals surface area contributed by atoms with E-state index in [0.29, 0.717) is 16.7 Å². The van der Waals surface area contributed by atoms with E-state index in [2.05, 4.69) is 9.97 Å². The molecule has 2 heterocycles. The second kappa shape index (κ2) is 7.08. The first kappa shape index (κ1) is 18.4. The van der Waals surface area contributed by atoms with Crippen molar-refractivity contribution in [3.63, 3.8) is 0 Å². The van der Waals surface area contributed by atoms with Crippen LogP contribution < -0.4 is 9.47 Å². The fraction of sp³-hybridized carbons (Fsp3) is 0.118. The van der Waals surface area contributed by atoms with E-state index in [1.165, 1.54) is 57.0 Å². The number of aliphatic carboxylic acids is 1. The van der Waals surface area contributed by atoms with Crippen molar-refractivity contribution in [2.45, 2.75) is 4.90 Å². The SMILES string of the molecule is COc1ccc(S(=O)(=O)n2cc(/C=C/C(=O)O)c3cnc(OC)nc32)cc1. The molecule has 0 aliphatic carbocycles. The predicted octanol–water partition coefficient (Wildman–Crippen LogP) is 1.78. The van der Waals surface area contributed by atoms with Crippen LogP contribution in [0.4, 0.5) is 0 Å². The van der Waals surface area contributed by atoms with Gasteiger partial charge in [0.2, 0.25) is 0 Å². The average molecular weight is 389 g/mol. The van der Waals surface area contributed by atoms with Gasteiger partial charge in [-0.1, -0.05) is 0 Å². The van der Waals surface area contributed by atoms with E-state index in [1.807, 2.05) is 0 Å². The zero-order valence-electron chi connectivity index (χ0n) is 14.4. The third-order valence-electron chi connectivity index (χ3n) is 3.73. The van der Waals surface area contributed by atoms with Gasteiger partial charge in [0.15, 0.2) is 5.65 Å². The summed E-state index contributed by atoms with van der Waals surface area (Å²) >= 11 is 0. The fourth-order valence-corrected chi connectivity index (χ4v) is 3.75. The predicted molar refractivity (Wildman–Crippen MR) is 96.3 cm³/mol. The molecule has 0 saturated heterocycles. The maximum absolute atomic E-state index is 13.1. The molecule has 0 radical (unpaired) electrons. The molecule has 0 spiro atoms. The van der Waals surface area contributed by atoms with Crippen molar-refractivity contribution in [3.8, 4) is 11.8 Å². The van der Waals surface area contributed by atoms with Crippen LogP contribution in [0, 0.1) is 0 Å². The Hall–Kier alpha value is -3.40. The zero-order chi connectivity index (χ0) is 19.6. The number of hydrogen-bond acceptors (Lipinski definition) is 7. The van der Waals surface area contributed by atoms with Gasteiger partial charge in [0.25, 0.3) is 10.0 Å². The number of carboxylic acid groups (broad SMARTS) is 1. The summed E-state index contributed by atoms with van der Waals surface area (Å²) in [7, 11) is -1.16. The highest BCUT2D eigenvalue weighted by Gasteiger charge is 2.22. The van der Waals surface area contributed by atoms with E-state index in [1.54, 1.807) is 0 Å². The lowest BCUT2D eigenvalue weighted by atomic mass is 10.2. The van der Waals surface area contributed by atoms with Crippen LogP contribution in [0.15, 0.2) is 47.6 Å². The number of ether oxygens (including phenoxy) is 2. The van der Waals surface area contributed by atoms with Gasteiger partial charge in [0, 0.05) is 29.4 Å². The van der Waals surface area contributed by atoms with E-state index < -0.39 is 16.0 Å². The molecule has 0 aliphatic rings. The standard InChI is InChI=1S/C17H15N3O6S/c1-25-12-4-6-13(7-5-12)27(23,24)20-10-11(3-8-15(21)22)14-9-18-17(26-2)19-16(14)20/h3-10H,1-2H3,(H,21,22)/b8-3+. The van der Waals surface area contributed by atoms with Crippen LogP contribution in [0.25, 0.3) is 17.1 Å². The lowest BCUT2D eigenvalue weighted by Crippen LogP contribution is -2.12. The number of aromatic nitrogens is 3. The van der Waals surface area contributed by atoms with Crippen molar-refractivity contribution in [1.82, 2.24) is 13.9 Å². The van der Waals surface area contributed by atoms with Crippen molar-refractivity contribution < 1.29 is 27.8 Å². The topological polar surface area (TPSA) is 121 Å². The lowest BCUT2D eigenvalue weighted by Gasteiger charge is -2.08. The monoisotopic (exact) mass is 389 g/mol. The molecule has 3 rings (SSSR count). The largest absolute Gasteiger partial charge is 0.497 e. The Morgan fingerprint density at radius 3 is 2.48 bits per heavy atom. The van der Waals surface area contributed by atoms with E-state index >= 15 is 0 Å². The molecule has 0 amide bonds. The Bertz CT molecular complexity index is 1130. The molecule has 3 aromatic rings. The van der Waals surface area contributed by atoms with Crippen molar-refractivity contribution >= 4 is 33.1 Å². The molecule has 140 valence electrons. The maximum atomic E-state index is 13.1. The molecule has 0 aliphatic heterocycles. The smallest absolute Gasteiger partial charge is 0.328 e. The number of nitrogens with zero attached hydrogens (tertiary/aromatic N) is 3. The van der Waals surface area contributed by atoms with E-state index in [4.69, 9.17) is 14.6 Å². The van der Waals surface area contributed by atoms with Crippen molar-refractivity contribution in [3.05, 3.63) is 48.3 Å². The second-order valence-corrected chi connectivity index (χ2v) is 7.14. The summed E-state index contributed by atoms with van der Waals surface area (Å²) < 4.78 is 37.1. The zero-order valence-corrected chi connectivity index (χ0v) is 15.2. The van der Waals surface area contributed by atoms with Crippen LogP contribution in [0.3, 0.4) is 0 Å².